The summed E-state index contributed by atoms with van der Waals surface area (Å²) in [5.74, 6) is 1.74. The van der Waals surface area contributed by atoms with Crippen molar-refractivity contribution in [1.82, 2.24) is 14.8 Å². The number of nitrogens with zero attached hydrogens (tertiary/aromatic N) is 3. The van der Waals surface area contributed by atoms with Gasteiger partial charge in [-0.05, 0) is 24.6 Å². The summed E-state index contributed by atoms with van der Waals surface area (Å²) in [5.41, 5.74) is 1.21. The first-order chi connectivity index (χ1) is 11.7. The van der Waals surface area contributed by atoms with Crippen LogP contribution in [0.25, 0.3) is 0 Å². The van der Waals surface area contributed by atoms with Gasteiger partial charge in [-0.3, -0.25) is 9.69 Å². The molecule has 0 radical (unpaired) electrons. The van der Waals surface area contributed by atoms with Crippen LogP contribution in [0.4, 0.5) is 0 Å². The molecule has 7 heteroatoms. The van der Waals surface area contributed by atoms with Crippen LogP contribution in [-0.4, -0.2) is 53.7 Å². The molecule has 1 aromatic carbocycles. The number of hydrogen-bond donors (Lipinski definition) is 0. The van der Waals surface area contributed by atoms with Crippen molar-refractivity contribution < 1.29 is 14.3 Å². The Hall–Kier alpha value is -2.12. The normalized spacial score (nSPS) is 17.3. The van der Waals surface area contributed by atoms with E-state index in [9.17, 15) is 4.79 Å². The summed E-state index contributed by atoms with van der Waals surface area (Å²) in [6.45, 7) is 6.33. The van der Waals surface area contributed by atoms with E-state index in [0.717, 1.165) is 54.1 Å². The number of piperazine rings is 1. The lowest BCUT2D eigenvalue weighted by Gasteiger charge is -2.34. The summed E-state index contributed by atoms with van der Waals surface area (Å²) in [6.07, 6.45) is 1.68. The third-order valence-corrected chi connectivity index (χ3v) is 5.24. The molecule has 2 aliphatic rings. The molecule has 3 heterocycles. The first-order valence-corrected chi connectivity index (χ1v) is 8.83. The van der Waals surface area contributed by atoms with Gasteiger partial charge in [-0.25, -0.2) is 4.98 Å². The Morgan fingerprint density at radius 3 is 2.75 bits per heavy atom. The van der Waals surface area contributed by atoms with Gasteiger partial charge in [-0.1, -0.05) is 6.07 Å². The lowest BCUT2D eigenvalue weighted by Crippen LogP contribution is -2.48. The predicted octanol–water partition coefficient (Wildman–Crippen LogP) is 2.14. The molecule has 2 aliphatic heterocycles. The molecular formula is C17H19N3O3S. The molecule has 0 atom stereocenters. The van der Waals surface area contributed by atoms with Crippen LogP contribution in [-0.2, 0) is 6.54 Å². The highest BCUT2D eigenvalue weighted by atomic mass is 32.1. The number of carbonyl (C=O) groups is 1. The van der Waals surface area contributed by atoms with Gasteiger partial charge in [0, 0.05) is 32.7 Å². The number of fused-ring (bicyclic) bond motifs is 1. The largest absolute Gasteiger partial charge is 0.454 e. The van der Waals surface area contributed by atoms with Crippen molar-refractivity contribution in [2.45, 2.75) is 13.5 Å². The van der Waals surface area contributed by atoms with E-state index in [4.69, 9.17) is 9.47 Å². The molecule has 0 aliphatic carbocycles. The minimum Gasteiger partial charge on any atom is -0.454 e. The van der Waals surface area contributed by atoms with E-state index in [1.54, 1.807) is 6.20 Å². The number of benzene rings is 1. The zero-order valence-electron chi connectivity index (χ0n) is 13.5. The molecule has 2 aromatic rings. The standard InChI is InChI=1S/C17H19N3O3S/c1-12-18-9-16(24-12)17(21)20-6-4-19(5-7-20)10-13-2-3-14-15(8-13)23-11-22-14/h2-3,8-9H,4-7,10-11H2,1H3. The van der Waals surface area contributed by atoms with E-state index in [1.165, 1.54) is 16.9 Å². The Balaban J connectivity index is 1.34. The maximum Gasteiger partial charge on any atom is 0.265 e. The minimum atomic E-state index is 0.100. The summed E-state index contributed by atoms with van der Waals surface area (Å²) >= 11 is 1.46. The zero-order chi connectivity index (χ0) is 16.5. The van der Waals surface area contributed by atoms with Crippen LogP contribution in [0, 0.1) is 6.92 Å². The quantitative estimate of drug-likeness (QED) is 0.853. The molecule has 0 saturated carbocycles. The van der Waals surface area contributed by atoms with E-state index >= 15 is 0 Å². The number of aryl methyl sites for hydroxylation is 1. The summed E-state index contributed by atoms with van der Waals surface area (Å²) < 4.78 is 10.8. The Kier molecular flexibility index (Phi) is 4.12. The van der Waals surface area contributed by atoms with Crippen molar-refractivity contribution >= 4 is 17.2 Å². The molecule has 6 nitrogen and oxygen atoms in total. The zero-order valence-corrected chi connectivity index (χ0v) is 14.3. The topological polar surface area (TPSA) is 54.9 Å². The SMILES string of the molecule is Cc1ncc(C(=O)N2CCN(Cc3ccc4c(c3)OCO4)CC2)s1. The third kappa shape index (κ3) is 3.09. The third-order valence-electron chi connectivity index (χ3n) is 4.33. The van der Waals surface area contributed by atoms with Crippen molar-refractivity contribution in [3.63, 3.8) is 0 Å². The van der Waals surface area contributed by atoms with Crippen molar-refractivity contribution in [2.75, 3.05) is 33.0 Å². The van der Waals surface area contributed by atoms with Gasteiger partial charge in [0.15, 0.2) is 11.5 Å². The number of hydrogen-bond acceptors (Lipinski definition) is 6. The Labute approximate surface area is 144 Å². The molecule has 126 valence electrons. The fraction of sp³-hybridized carbons (Fsp3) is 0.412. The van der Waals surface area contributed by atoms with Gasteiger partial charge in [0.25, 0.3) is 5.91 Å². The van der Waals surface area contributed by atoms with Gasteiger partial charge >= 0.3 is 0 Å². The van der Waals surface area contributed by atoms with Crippen LogP contribution in [0.15, 0.2) is 24.4 Å². The monoisotopic (exact) mass is 345 g/mol. The number of aromatic nitrogens is 1. The van der Waals surface area contributed by atoms with E-state index < -0.39 is 0 Å². The Morgan fingerprint density at radius 1 is 1.21 bits per heavy atom. The van der Waals surface area contributed by atoms with Crippen molar-refractivity contribution in [1.29, 1.82) is 0 Å². The van der Waals surface area contributed by atoms with E-state index in [2.05, 4.69) is 16.0 Å². The van der Waals surface area contributed by atoms with Gasteiger partial charge in [-0.2, -0.15) is 0 Å². The molecule has 1 saturated heterocycles. The van der Waals surface area contributed by atoms with Crippen LogP contribution in [0.1, 0.15) is 20.2 Å². The van der Waals surface area contributed by atoms with Crippen molar-refractivity contribution in [3.8, 4) is 11.5 Å². The molecule has 4 rings (SSSR count). The first kappa shape index (κ1) is 15.4. The van der Waals surface area contributed by atoms with Crippen LogP contribution in [0.5, 0.6) is 11.5 Å². The highest BCUT2D eigenvalue weighted by Crippen LogP contribution is 2.32. The summed E-state index contributed by atoms with van der Waals surface area (Å²) in [5, 5.41) is 0.930. The average molecular weight is 345 g/mol. The molecule has 0 unspecified atom stereocenters. The summed E-state index contributed by atoms with van der Waals surface area (Å²) in [7, 11) is 0. The van der Waals surface area contributed by atoms with Crippen LogP contribution in [0.2, 0.25) is 0 Å². The second-order valence-corrected chi connectivity index (χ2v) is 7.23. The van der Waals surface area contributed by atoms with E-state index in [-0.39, 0.29) is 5.91 Å². The number of amides is 1. The van der Waals surface area contributed by atoms with Crippen LogP contribution >= 0.6 is 11.3 Å². The van der Waals surface area contributed by atoms with Gasteiger partial charge in [-0.15, -0.1) is 11.3 Å². The maximum atomic E-state index is 12.5. The molecule has 0 N–H and O–H groups in total. The average Bonchev–Trinajstić information content (AvgIpc) is 3.23. The van der Waals surface area contributed by atoms with Crippen LogP contribution < -0.4 is 9.47 Å². The molecule has 0 bridgehead atoms. The lowest BCUT2D eigenvalue weighted by atomic mass is 10.1. The molecule has 24 heavy (non-hydrogen) atoms. The highest BCUT2D eigenvalue weighted by Gasteiger charge is 2.24. The molecule has 0 spiro atoms. The number of carbonyl (C=O) groups excluding carboxylic acids is 1. The summed E-state index contributed by atoms with van der Waals surface area (Å²) in [6, 6.07) is 6.08. The van der Waals surface area contributed by atoms with Crippen LogP contribution in [0.3, 0.4) is 0 Å². The van der Waals surface area contributed by atoms with Gasteiger partial charge in [0.2, 0.25) is 6.79 Å². The Morgan fingerprint density at radius 2 is 2.00 bits per heavy atom. The molecule has 1 fully saturated rings. The molecule has 1 amide bonds. The van der Waals surface area contributed by atoms with Gasteiger partial charge < -0.3 is 14.4 Å². The number of rotatable bonds is 3. The second-order valence-electron chi connectivity index (χ2n) is 6.00. The maximum absolute atomic E-state index is 12.5. The predicted molar refractivity (Wildman–Crippen MR) is 90.6 cm³/mol. The fourth-order valence-electron chi connectivity index (χ4n) is 3.02. The highest BCUT2D eigenvalue weighted by molar-refractivity contribution is 7.13. The smallest absolute Gasteiger partial charge is 0.265 e. The number of ether oxygens (including phenoxy) is 2. The fourth-order valence-corrected chi connectivity index (χ4v) is 3.77. The van der Waals surface area contributed by atoms with E-state index in [0.29, 0.717) is 6.79 Å². The lowest BCUT2D eigenvalue weighted by molar-refractivity contribution is 0.0633. The van der Waals surface area contributed by atoms with Gasteiger partial charge in [0.05, 0.1) is 11.2 Å². The van der Waals surface area contributed by atoms with Crippen molar-refractivity contribution in [2.24, 2.45) is 0 Å². The van der Waals surface area contributed by atoms with Crippen molar-refractivity contribution in [3.05, 3.63) is 39.8 Å². The molecule has 1 aromatic heterocycles. The van der Waals surface area contributed by atoms with E-state index in [1.807, 2.05) is 24.0 Å². The summed E-state index contributed by atoms with van der Waals surface area (Å²) in [4.78, 5) is 21.6. The second kappa shape index (κ2) is 6.41. The first-order valence-electron chi connectivity index (χ1n) is 8.01. The minimum absolute atomic E-state index is 0.100. The number of thiazole rings is 1. The molecular weight excluding hydrogens is 326 g/mol. The Bertz CT molecular complexity index is 753. The van der Waals surface area contributed by atoms with Gasteiger partial charge in [0.1, 0.15) is 4.88 Å².